The Labute approximate surface area is 140 Å². The lowest BCUT2D eigenvalue weighted by atomic mass is 9.98. The van der Waals surface area contributed by atoms with E-state index < -0.39 is 0 Å². The Kier molecular flexibility index (Phi) is 4.18. The molecule has 0 bridgehead atoms. The molecule has 0 amide bonds. The molecular weight excluding hydrogens is 302 g/mol. The fourth-order valence-corrected chi connectivity index (χ4v) is 3.19. The molecule has 0 radical (unpaired) electrons. The predicted molar refractivity (Wildman–Crippen MR) is 92.0 cm³/mol. The molecule has 6 nitrogen and oxygen atoms in total. The van der Waals surface area contributed by atoms with Gasteiger partial charge < -0.3 is 9.64 Å². The Hall–Kier alpha value is -2.76. The molecule has 24 heavy (non-hydrogen) atoms. The van der Waals surface area contributed by atoms with E-state index in [0.29, 0.717) is 18.5 Å². The topological polar surface area (TPSA) is 64.0 Å². The Morgan fingerprint density at radius 3 is 2.83 bits per heavy atom. The van der Waals surface area contributed by atoms with Crippen LogP contribution in [-0.2, 0) is 0 Å². The van der Waals surface area contributed by atoms with E-state index in [9.17, 15) is 0 Å². The van der Waals surface area contributed by atoms with E-state index >= 15 is 0 Å². The second kappa shape index (κ2) is 6.78. The molecule has 1 saturated heterocycles. The van der Waals surface area contributed by atoms with E-state index in [0.717, 1.165) is 42.7 Å². The van der Waals surface area contributed by atoms with Crippen molar-refractivity contribution in [3.63, 3.8) is 0 Å². The van der Waals surface area contributed by atoms with Crippen LogP contribution < -0.4 is 9.64 Å². The van der Waals surface area contributed by atoms with Gasteiger partial charge in [-0.05, 0) is 31.0 Å². The van der Waals surface area contributed by atoms with Gasteiger partial charge in [0.25, 0.3) is 0 Å². The monoisotopic (exact) mass is 321 g/mol. The molecule has 6 heteroatoms. The SMILES string of the molecule is c1cnc(OCC2CCCN(c3ncnc4ccccc34)C2)nc1. The van der Waals surface area contributed by atoms with Crippen molar-refractivity contribution in [3.8, 4) is 6.01 Å². The maximum Gasteiger partial charge on any atom is 0.316 e. The summed E-state index contributed by atoms with van der Waals surface area (Å²) >= 11 is 0. The van der Waals surface area contributed by atoms with Gasteiger partial charge in [-0.25, -0.2) is 19.9 Å². The first kappa shape index (κ1) is 14.8. The molecule has 1 aliphatic rings. The van der Waals surface area contributed by atoms with Crippen molar-refractivity contribution in [3.05, 3.63) is 49.1 Å². The molecule has 1 unspecified atom stereocenters. The number of benzene rings is 1. The fourth-order valence-electron chi connectivity index (χ4n) is 3.19. The highest BCUT2D eigenvalue weighted by Crippen LogP contribution is 2.27. The van der Waals surface area contributed by atoms with Gasteiger partial charge >= 0.3 is 6.01 Å². The number of rotatable bonds is 4. The zero-order chi connectivity index (χ0) is 16.2. The minimum atomic E-state index is 0.441. The summed E-state index contributed by atoms with van der Waals surface area (Å²) in [6.07, 6.45) is 7.31. The zero-order valence-corrected chi connectivity index (χ0v) is 13.4. The maximum atomic E-state index is 5.74. The number of fused-ring (bicyclic) bond motifs is 1. The minimum Gasteiger partial charge on any atom is -0.463 e. The third-order valence-corrected chi connectivity index (χ3v) is 4.33. The molecule has 122 valence electrons. The zero-order valence-electron chi connectivity index (χ0n) is 13.4. The second-order valence-corrected chi connectivity index (χ2v) is 6.01. The molecule has 3 aromatic rings. The molecular formula is C18H19N5O. The van der Waals surface area contributed by atoms with Crippen molar-refractivity contribution in [1.29, 1.82) is 0 Å². The normalized spacial score (nSPS) is 17.8. The Morgan fingerprint density at radius 1 is 1.04 bits per heavy atom. The summed E-state index contributed by atoms with van der Waals surface area (Å²) in [5.74, 6) is 1.46. The van der Waals surface area contributed by atoms with Gasteiger partial charge in [0.05, 0.1) is 12.1 Å². The Morgan fingerprint density at radius 2 is 1.92 bits per heavy atom. The van der Waals surface area contributed by atoms with Crippen molar-refractivity contribution < 1.29 is 4.74 Å². The molecule has 0 aliphatic carbocycles. The molecule has 0 spiro atoms. The van der Waals surface area contributed by atoms with Crippen LogP contribution in [-0.4, -0.2) is 39.6 Å². The van der Waals surface area contributed by atoms with Crippen LogP contribution in [0.3, 0.4) is 0 Å². The van der Waals surface area contributed by atoms with Crippen LogP contribution in [0.5, 0.6) is 6.01 Å². The lowest BCUT2D eigenvalue weighted by Gasteiger charge is -2.33. The molecule has 1 fully saturated rings. The van der Waals surface area contributed by atoms with Crippen LogP contribution >= 0.6 is 0 Å². The van der Waals surface area contributed by atoms with Crippen molar-refractivity contribution in [2.75, 3.05) is 24.6 Å². The summed E-state index contributed by atoms with van der Waals surface area (Å²) in [5.41, 5.74) is 0.985. The number of para-hydroxylation sites is 1. The average molecular weight is 321 g/mol. The summed E-state index contributed by atoms with van der Waals surface area (Å²) in [4.78, 5) is 19.5. The Bertz CT molecular complexity index is 805. The predicted octanol–water partition coefficient (Wildman–Crippen LogP) is 2.72. The maximum absolute atomic E-state index is 5.74. The van der Waals surface area contributed by atoms with Crippen LogP contribution in [0.25, 0.3) is 10.9 Å². The Balaban J connectivity index is 1.48. The molecule has 1 aliphatic heterocycles. The van der Waals surface area contributed by atoms with Gasteiger partial charge in [-0.3, -0.25) is 0 Å². The van der Waals surface area contributed by atoms with Crippen LogP contribution in [0, 0.1) is 5.92 Å². The number of hydrogen-bond acceptors (Lipinski definition) is 6. The fraction of sp³-hybridized carbons (Fsp3) is 0.333. The third-order valence-electron chi connectivity index (χ3n) is 4.33. The van der Waals surface area contributed by atoms with Gasteiger partial charge in [0.15, 0.2) is 0 Å². The van der Waals surface area contributed by atoms with E-state index in [2.05, 4.69) is 30.9 Å². The second-order valence-electron chi connectivity index (χ2n) is 6.01. The third kappa shape index (κ3) is 3.13. The van der Waals surface area contributed by atoms with Gasteiger partial charge in [0.2, 0.25) is 0 Å². The number of hydrogen-bond donors (Lipinski definition) is 0. The van der Waals surface area contributed by atoms with Crippen molar-refractivity contribution in [2.45, 2.75) is 12.8 Å². The van der Waals surface area contributed by atoms with E-state index in [4.69, 9.17) is 4.74 Å². The largest absolute Gasteiger partial charge is 0.463 e. The molecule has 0 saturated carbocycles. The van der Waals surface area contributed by atoms with Crippen LogP contribution in [0.4, 0.5) is 5.82 Å². The molecule has 2 aromatic heterocycles. The lowest BCUT2D eigenvalue weighted by molar-refractivity contribution is 0.214. The van der Waals surface area contributed by atoms with E-state index in [1.807, 2.05) is 18.2 Å². The number of ether oxygens (including phenoxy) is 1. The van der Waals surface area contributed by atoms with Gasteiger partial charge in [-0.2, -0.15) is 0 Å². The van der Waals surface area contributed by atoms with Crippen molar-refractivity contribution in [2.24, 2.45) is 5.92 Å². The highest BCUT2D eigenvalue weighted by molar-refractivity contribution is 5.89. The van der Waals surface area contributed by atoms with Crippen molar-refractivity contribution >= 4 is 16.7 Å². The molecule has 3 heterocycles. The quantitative estimate of drug-likeness (QED) is 0.736. The van der Waals surface area contributed by atoms with E-state index in [1.54, 1.807) is 24.8 Å². The number of anilines is 1. The van der Waals surface area contributed by atoms with Gasteiger partial charge in [-0.15, -0.1) is 0 Å². The smallest absolute Gasteiger partial charge is 0.316 e. The summed E-state index contributed by atoms with van der Waals surface area (Å²) in [6, 6.07) is 10.4. The summed E-state index contributed by atoms with van der Waals surface area (Å²) < 4.78 is 5.74. The molecule has 0 N–H and O–H groups in total. The van der Waals surface area contributed by atoms with Crippen LogP contribution in [0.2, 0.25) is 0 Å². The first-order valence-corrected chi connectivity index (χ1v) is 8.24. The minimum absolute atomic E-state index is 0.441. The van der Waals surface area contributed by atoms with Crippen LogP contribution in [0.15, 0.2) is 49.1 Å². The molecule has 1 atom stereocenters. The van der Waals surface area contributed by atoms with Crippen LogP contribution in [0.1, 0.15) is 12.8 Å². The van der Waals surface area contributed by atoms with E-state index in [-0.39, 0.29) is 0 Å². The highest BCUT2D eigenvalue weighted by atomic mass is 16.5. The first-order chi connectivity index (χ1) is 11.9. The molecule has 4 rings (SSSR count). The summed E-state index contributed by atoms with van der Waals surface area (Å²) in [5, 5.41) is 1.10. The summed E-state index contributed by atoms with van der Waals surface area (Å²) in [6.45, 7) is 2.57. The highest BCUT2D eigenvalue weighted by Gasteiger charge is 2.23. The standard InChI is InChI=1S/C18H19N5O/c1-2-7-16-15(6-1)17(22-13-21-16)23-10-3-5-14(11-23)12-24-18-19-8-4-9-20-18/h1-2,4,6-9,13-14H,3,5,10-12H2. The molecule has 1 aromatic carbocycles. The first-order valence-electron chi connectivity index (χ1n) is 8.24. The number of aromatic nitrogens is 4. The summed E-state index contributed by atoms with van der Waals surface area (Å²) in [7, 11) is 0. The number of nitrogens with zero attached hydrogens (tertiary/aromatic N) is 5. The van der Waals surface area contributed by atoms with Gasteiger partial charge in [0, 0.05) is 36.8 Å². The lowest BCUT2D eigenvalue weighted by Crippen LogP contribution is -2.38. The average Bonchev–Trinajstić information content (AvgIpc) is 2.67. The van der Waals surface area contributed by atoms with Crippen molar-refractivity contribution in [1.82, 2.24) is 19.9 Å². The van der Waals surface area contributed by atoms with Gasteiger partial charge in [0.1, 0.15) is 12.1 Å². The van der Waals surface area contributed by atoms with Gasteiger partial charge in [-0.1, -0.05) is 12.1 Å². The number of piperidine rings is 1. The van der Waals surface area contributed by atoms with E-state index in [1.165, 1.54) is 0 Å².